The van der Waals surface area contributed by atoms with Crippen molar-refractivity contribution in [2.24, 2.45) is 0 Å². The Kier molecular flexibility index (Phi) is 5.19. The Labute approximate surface area is 180 Å². The van der Waals surface area contributed by atoms with Crippen LogP contribution in [0.15, 0.2) is 39.5 Å². The summed E-state index contributed by atoms with van der Waals surface area (Å²) in [6.45, 7) is 0. The average molecular weight is 523 g/mol. The fraction of sp³-hybridized carbons (Fsp3) is 0.0556. The molecule has 0 unspecified atom stereocenters. The summed E-state index contributed by atoms with van der Waals surface area (Å²) >= 11 is 2.32. The van der Waals surface area contributed by atoms with E-state index in [9.17, 15) is 35.5 Å². The van der Waals surface area contributed by atoms with E-state index in [0.717, 1.165) is 0 Å². The van der Waals surface area contributed by atoms with Gasteiger partial charge < -0.3 is 9.73 Å². The van der Waals surface area contributed by atoms with E-state index < -0.39 is 62.4 Å². The number of benzene rings is 1. The number of carbonyl (C=O) groups excluding carboxylic acids is 1. The van der Waals surface area contributed by atoms with Gasteiger partial charge in [-0.05, 0) is 34.1 Å². The van der Waals surface area contributed by atoms with Crippen LogP contribution in [0, 0.1) is 23.3 Å². The Morgan fingerprint density at radius 1 is 1.09 bits per heavy atom. The average Bonchev–Trinajstić information content (AvgIpc) is 3.42. The zero-order valence-corrected chi connectivity index (χ0v) is 16.7. The van der Waals surface area contributed by atoms with Crippen molar-refractivity contribution in [2.75, 3.05) is 5.32 Å². The van der Waals surface area contributed by atoms with Crippen molar-refractivity contribution < 1.29 is 39.9 Å². The molecule has 0 aliphatic carbocycles. The monoisotopic (exact) mass is 522 g/mol. The highest BCUT2D eigenvalue weighted by Crippen LogP contribution is 2.34. The molecule has 0 bridgehead atoms. The van der Waals surface area contributed by atoms with Gasteiger partial charge in [-0.25, -0.2) is 27.1 Å². The molecule has 0 fully saturated rings. The number of amides is 1. The maximum absolute atomic E-state index is 14.1. The Morgan fingerprint density at radius 3 is 2.31 bits per heavy atom. The predicted octanol–water partition coefficient (Wildman–Crippen LogP) is 5.58. The summed E-state index contributed by atoms with van der Waals surface area (Å²) in [4.78, 5) is 16.5. The van der Waals surface area contributed by atoms with Crippen LogP contribution < -0.4 is 5.32 Å². The van der Waals surface area contributed by atoms with E-state index in [1.807, 2.05) is 0 Å². The summed E-state index contributed by atoms with van der Waals surface area (Å²) in [6, 6.07) is 3.33. The normalized spacial score (nSPS) is 11.9. The largest absolute Gasteiger partial charge is 0.463 e. The van der Waals surface area contributed by atoms with Gasteiger partial charge in [0.2, 0.25) is 0 Å². The molecule has 0 spiro atoms. The van der Waals surface area contributed by atoms with E-state index in [1.165, 1.54) is 18.4 Å². The maximum atomic E-state index is 14.1. The number of fused-ring (bicyclic) bond motifs is 1. The molecule has 6 nitrogen and oxygen atoms in total. The van der Waals surface area contributed by atoms with E-state index in [0.29, 0.717) is 12.3 Å². The van der Waals surface area contributed by atoms with Crippen LogP contribution in [0.25, 0.3) is 17.1 Å². The number of alkyl halides is 3. The molecule has 0 saturated heterocycles. The molecule has 4 rings (SSSR count). The van der Waals surface area contributed by atoms with Crippen LogP contribution >= 0.6 is 15.9 Å². The summed E-state index contributed by atoms with van der Waals surface area (Å²) < 4.78 is 100. The third-order valence-electron chi connectivity index (χ3n) is 4.23. The topological polar surface area (TPSA) is 72.4 Å². The van der Waals surface area contributed by atoms with E-state index in [1.54, 1.807) is 5.32 Å². The summed E-state index contributed by atoms with van der Waals surface area (Å²) in [6.07, 6.45) is -3.10. The van der Waals surface area contributed by atoms with Gasteiger partial charge >= 0.3 is 6.18 Å². The fourth-order valence-corrected chi connectivity index (χ4v) is 3.12. The van der Waals surface area contributed by atoms with Crippen LogP contribution in [-0.2, 0) is 6.18 Å². The second-order valence-electron chi connectivity index (χ2n) is 6.19. The van der Waals surface area contributed by atoms with Crippen molar-refractivity contribution in [1.29, 1.82) is 0 Å². The number of aromatic nitrogens is 3. The molecular weight excluding hydrogens is 517 g/mol. The molecule has 32 heavy (non-hydrogen) atoms. The Balaban J connectivity index is 1.86. The van der Waals surface area contributed by atoms with Crippen LogP contribution in [0.2, 0.25) is 0 Å². The van der Waals surface area contributed by atoms with Gasteiger partial charge in [0.15, 0.2) is 40.4 Å². The molecule has 166 valence electrons. The van der Waals surface area contributed by atoms with E-state index in [2.05, 4.69) is 26.0 Å². The van der Waals surface area contributed by atoms with Crippen molar-refractivity contribution in [3.8, 4) is 11.5 Å². The first-order chi connectivity index (χ1) is 15.0. The van der Waals surface area contributed by atoms with Gasteiger partial charge in [0.1, 0.15) is 16.9 Å². The molecular formula is C18H6BrF7N4O2. The van der Waals surface area contributed by atoms with Gasteiger partial charge in [-0.3, -0.25) is 4.79 Å². The molecule has 4 aromatic rings. The van der Waals surface area contributed by atoms with Crippen LogP contribution in [0.3, 0.4) is 0 Å². The summed E-state index contributed by atoms with van der Waals surface area (Å²) in [7, 11) is 0. The number of anilines is 1. The molecule has 0 aliphatic rings. The first kappa shape index (κ1) is 21.8. The summed E-state index contributed by atoms with van der Waals surface area (Å²) in [5, 5.41) is 5.07. The predicted molar refractivity (Wildman–Crippen MR) is 97.6 cm³/mol. The van der Waals surface area contributed by atoms with Gasteiger partial charge in [0, 0.05) is 0 Å². The number of furan rings is 1. The second kappa shape index (κ2) is 7.62. The zero-order chi connectivity index (χ0) is 23.4. The van der Waals surface area contributed by atoms with Gasteiger partial charge in [-0.15, -0.1) is 0 Å². The molecule has 1 aromatic carbocycles. The molecule has 0 atom stereocenters. The lowest BCUT2D eigenvalue weighted by Gasteiger charge is -2.11. The third-order valence-corrected chi connectivity index (χ3v) is 4.93. The van der Waals surface area contributed by atoms with Crippen molar-refractivity contribution in [3.05, 3.63) is 69.7 Å². The lowest BCUT2D eigenvalue weighted by Crippen LogP contribution is -2.17. The van der Waals surface area contributed by atoms with Crippen molar-refractivity contribution in [1.82, 2.24) is 14.6 Å². The van der Waals surface area contributed by atoms with Crippen molar-refractivity contribution >= 4 is 33.2 Å². The summed E-state index contributed by atoms with van der Waals surface area (Å²) in [5.41, 5.74) is -4.44. The number of nitrogens with one attached hydrogen (secondary N) is 1. The second-order valence-corrected chi connectivity index (χ2v) is 6.99. The number of halogens is 8. The molecule has 0 saturated carbocycles. The SMILES string of the molecule is O=C(Nc1c(F)c(F)c(Br)c(F)c1F)c1cnn2c(C(F)(F)F)cc(-c3ccco3)nc12. The Morgan fingerprint density at radius 2 is 1.75 bits per heavy atom. The minimum absolute atomic E-state index is 0.0697. The van der Waals surface area contributed by atoms with Gasteiger partial charge in [0.05, 0.1) is 16.9 Å². The summed E-state index contributed by atoms with van der Waals surface area (Å²) in [5.74, 6) is -8.99. The number of hydrogen-bond donors (Lipinski definition) is 1. The molecule has 14 heteroatoms. The molecule has 3 aromatic heterocycles. The molecule has 3 heterocycles. The van der Waals surface area contributed by atoms with E-state index in [-0.39, 0.29) is 16.0 Å². The first-order valence-electron chi connectivity index (χ1n) is 8.33. The lowest BCUT2D eigenvalue weighted by molar-refractivity contribution is -0.142. The van der Waals surface area contributed by atoms with Crippen LogP contribution in [0.5, 0.6) is 0 Å². The molecule has 0 aliphatic heterocycles. The minimum Gasteiger partial charge on any atom is -0.463 e. The van der Waals surface area contributed by atoms with Gasteiger partial charge in [0.25, 0.3) is 5.91 Å². The fourth-order valence-electron chi connectivity index (χ4n) is 2.77. The zero-order valence-electron chi connectivity index (χ0n) is 15.1. The molecule has 1 N–H and O–H groups in total. The quantitative estimate of drug-likeness (QED) is 0.216. The van der Waals surface area contributed by atoms with Crippen LogP contribution in [0.4, 0.5) is 36.4 Å². The lowest BCUT2D eigenvalue weighted by atomic mass is 10.2. The van der Waals surface area contributed by atoms with Crippen LogP contribution in [0.1, 0.15) is 16.1 Å². The van der Waals surface area contributed by atoms with Crippen molar-refractivity contribution in [3.63, 3.8) is 0 Å². The highest BCUT2D eigenvalue weighted by atomic mass is 79.9. The Bertz CT molecular complexity index is 1340. The van der Waals surface area contributed by atoms with Gasteiger partial charge in [-0.1, -0.05) is 0 Å². The van der Waals surface area contributed by atoms with Crippen LogP contribution in [-0.4, -0.2) is 20.5 Å². The van der Waals surface area contributed by atoms with Crippen molar-refractivity contribution in [2.45, 2.75) is 6.18 Å². The molecule has 1 amide bonds. The highest BCUT2D eigenvalue weighted by molar-refractivity contribution is 9.10. The minimum atomic E-state index is -4.93. The molecule has 0 radical (unpaired) electrons. The number of hydrogen-bond acceptors (Lipinski definition) is 4. The van der Waals surface area contributed by atoms with E-state index in [4.69, 9.17) is 4.42 Å². The number of rotatable bonds is 3. The number of nitrogens with zero attached hydrogens (tertiary/aromatic N) is 3. The highest BCUT2D eigenvalue weighted by Gasteiger charge is 2.36. The Hall–Kier alpha value is -3.42. The first-order valence-corrected chi connectivity index (χ1v) is 9.12. The third kappa shape index (κ3) is 3.49. The maximum Gasteiger partial charge on any atom is 0.433 e. The number of carbonyl (C=O) groups is 1. The van der Waals surface area contributed by atoms with Gasteiger partial charge in [-0.2, -0.15) is 18.3 Å². The smallest absolute Gasteiger partial charge is 0.433 e. The standard InChI is InChI=1S/C18H6BrF7N4O2/c19-10-11(20)13(22)15(14(23)12(10)21)29-17(31)6-5-27-30-9(18(24,25)26)4-7(28-16(6)30)8-2-1-3-32-8/h1-5H,(H,29,31). The van der Waals surface area contributed by atoms with E-state index >= 15 is 0 Å².